The molecular formula is C13H24N4O. The first-order chi connectivity index (χ1) is 8.54. The van der Waals surface area contributed by atoms with E-state index in [0.29, 0.717) is 17.6 Å². The standard InChI is InChI=1S/C13H24N4O/c1-6-7-10(18-5)12-15-9(4)11(8(2)3)13(16-12)17-14/h8,10H,6-7,14H2,1-5H3,(H,15,16,17). The van der Waals surface area contributed by atoms with Gasteiger partial charge in [0.25, 0.3) is 0 Å². The molecule has 0 amide bonds. The van der Waals surface area contributed by atoms with Crippen molar-refractivity contribution in [2.75, 3.05) is 12.5 Å². The summed E-state index contributed by atoms with van der Waals surface area (Å²) >= 11 is 0. The number of methoxy groups -OCH3 is 1. The van der Waals surface area contributed by atoms with Crippen LogP contribution in [-0.2, 0) is 4.74 Å². The molecule has 0 saturated carbocycles. The molecule has 0 saturated heterocycles. The van der Waals surface area contributed by atoms with Crippen LogP contribution in [0.2, 0.25) is 0 Å². The molecule has 1 heterocycles. The minimum atomic E-state index is -0.0676. The molecule has 0 fully saturated rings. The Labute approximate surface area is 109 Å². The zero-order valence-electron chi connectivity index (χ0n) is 11.9. The number of hydrogen-bond acceptors (Lipinski definition) is 5. The number of nitrogens with zero attached hydrogens (tertiary/aromatic N) is 2. The van der Waals surface area contributed by atoms with Gasteiger partial charge in [0.15, 0.2) is 5.82 Å². The summed E-state index contributed by atoms with van der Waals surface area (Å²) in [4.78, 5) is 9.05. The van der Waals surface area contributed by atoms with Crippen LogP contribution >= 0.6 is 0 Å². The second-order valence-corrected chi connectivity index (χ2v) is 4.74. The maximum absolute atomic E-state index is 5.56. The van der Waals surface area contributed by atoms with Gasteiger partial charge in [0, 0.05) is 18.4 Å². The SMILES string of the molecule is CCCC(OC)c1nc(C)c(C(C)C)c(NN)n1. The van der Waals surface area contributed by atoms with E-state index in [1.165, 1.54) is 0 Å². The Morgan fingerprint density at radius 2 is 2.00 bits per heavy atom. The number of hydrazine groups is 1. The number of nitrogens with one attached hydrogen (secondary N) is 1. The van der Waals surface area contributed by atoms with E-state index in [4.69, 9.17) is 10.6 Å². The smallest absolute Gasteiger partial charge is 0.159 e. The molecular weight excluding hydrogens is 228 g/mol. The summed E-state index contributed by atoms with van der Waals surface area (Å²) in [6.07, 6.45) is 1.86. The molecule has 5 heteroatoms. The summed E-state index contributed by atoms with van der Waals surface area (Å²) in [5.41, 5.74) is 4.69. The van der Waals surface area contributed by atoms with Crippen molar-refractivity contribution in [1.29, 1.82) is 0 Å². The Bertz CT molecular complexity index is 393. The molecule has 0 aliphatic heterocycles. The average molecular weight is 252 g/mol. The van der Waals surface area contributed by atoms with Gasteiger partial charge in [-0.3, -0.25) is 0 Å². The fourth-order valence-corrected chi connectivity index (χ4v) is 2.16. The lowest BCUT2D eigenvalue weighted by Gasteiger charge is -2.19. The highest BCUT2D eigenvalue weighted by Gasteiger charge is 2.19. The monoisotopic (exact) mass is 252 g/mol. The van der Waals surface area contributed by atoms with Gasteiger partial charge in [-0.25, -0.2) is 15.8 Å². The number of rotatable bonds is 6. The zero-order valence-corrected chi connectivity index (χ0v) is 11.9. The second-order valence-electron chi connectivity index (χ2n) is 4.74. The molecule has 0 spiro atoms. The number of nitrogens with two attached hydrogens (primary N) is 1. The highest BCUT2D eigenvalue weighted by molar-refractivity contribution is 5.47. The van der Waals surface area contributed by atoms with Crippen LogP contribution in [0.3, 0.4) is 0 Å². The Morgan fingerprint density at radius 1 is 1.33 bits per heavy atom. The van der Waals surface area contributed by atoms with Crippen LogP contribution in [-0.4, -0.2) is 17.1 Å². The van der Waals surface area contributed by atoms with E-state index in [1.54, 1.807) is 7.11 Å². The number of aryl methyl sites for hydroxylation is 1. The quantitative estimate of drug-likeness (QED) is 0.601. The van der Waals surface area contributed by atoms with Gasteiger partial charge in [0.1, 0.15) is 11.9 Å². The summed E-state index contributed by atoms with van der Waals surface area (Å²) in [5, 5.41) is 0. The molecule has 0 radical (unpaired) electrons. The Hall–Kier alpha value is -1.20. The molecule has 1 unspecified atom stereocenters. The van der Waals surface area contributed by atoms with E-state index >= 15 is 0 Å². The van der Waals surface area contributed by atoms with Crippen LogP contribution in [0.4, 0.5) is 5.82 Å². The molecule has 0 aromatic carbocycles. The van der Waals surface area contributed by atoms with Gasteiger partial charge in [0.2, 0.25) is 0 Å². The maximum Gasteiger partial charge on any atom is 0.159 e. The molecule has 0 aliphatic rings. The highest BCUT2D eigenvalue weighted by atomic mass is 16.5. The maximum atomic E-state index is 5.56. The lowest BCUT2D eigenvalue weighted by atomic mass is 10.0. The fraction of sp³-hybridized carbons (Fsp3) is 0.692. The summed E-state index contributed by atoms with van der Waals surface area (Å²) in [5.74, 6) is 7.29. The van der Waals surface area contributed by atoms with Crippen LogP contribution in [0.5, 0.6) is 0 Å². The first kappa shape index (κ1) is 14.9. The number of hydrogen-bond donors (Lipinski definition) is 2. The summed E-state index contributed by atoms with van der Waals surface area (Å²) in [7, 11) is 1.69. The van der Waals surface area contributed by atoms with Crippen molar-refractivity contribution in [2.45, 2.75) is 52.6 Å². The molecule has 102 valence electrons. The summed E-state index contributed by atoms with van der Waals surface area (Å²) in [6, 6.07) is 0. The summed E-state index contributed by atoms with van der Waals surface area (Å²) in [6.45, 7) is 8.31. The van der Waals surface area contributed by atoms with Crippen LogP contribution < -0.4 is 11.3 Å². The largest absolute Gasteiger partial charge is 0.373 e. The number of aromatic nitrogens is 2. The van der Waals surface area contributed by atoms with Crippen molar-refractivity contribution >= 4 is 5.82 Å². The third kappa shape index (κ3) is 3.17. The number of ether oxygens (including phenoxy) is 1. The molecule has 1 aromatic rings. The minimum absolute atomic E-state index is 0.0676. The lowest BCUT2D eigenvalue weighted by molar-refractivity contribution is 0.0875. The van der Waals surface area contributed by atoms with Gasteiger partial charge in [-0.1, -0.05) is 27.2 Å². The van der Waals surface area contributed by atoms with Gasteiger partial charge in [-0.05, 0) is 19.3 Å². The Kier molecular flexibility index (Phi) is 5.50. The van der Waals surface area contributed by atoms with Gasteiger partial charge in [-0.2, -0.15) is 0 Å². The molecule has 18 heavy (non-hydrogen) atoms. The van der Waals surface area contributed by atoms with Crippen LogP contribution in [0.1, 0.15) is 62.7 Å². The van der Waals surface area contributed by atoms with E-state index in [2.05, 4.69) is 36.2 Å². The van der Waals surface area contributed by atoms with Gasteiger partial charge in [-0.15, -0.1) is 0 Å². The molecule has 0 bridgehead atoms. The minimum Gasteiger partial charge on any atom is -0.373 e. The lowest BCUT2D eigenvalue weighted by Crippen LogP contribution is -2.17. The molecule has 0 aliphatic carbocycles. The van der Waals surface area contributed by atoms with E-state index in [-0.39, 0.29) is 6.10 Å². The van der Waals surface area contributed by atoms with Crippen molar-refractivity contribution in [3.63, 3.8) is 0 Å². The van der Waals surface area contributed by atoms with Gasteiger partial charge < -0.3 is 10.2 Å². The Morgan fingerprint density at radius 3 is 2.44 bits per heavy atom. The molecule has 1 atom stereocenters. The first-order valence-corrected chi connectivity index (χ1v) is 6.42. The van der Waals surface area contributed by atoms with E-state index < -0.39 is 0 Å². The third-order valence-corrected chi connectivity index (χ3v) is 2.99. The van der Waals surface area contributed by atoms with E-state index in [1.807, 2.05) is 6.92 Å². The molecule has 1 rings (SSSR count). The van der Waals surface area contributed by atoms with E-state index in [0.717, 1.165) is 24.1 Å². The van der Waals surface area contributed by atoms with Gasteiger partial charge >= 0.3 is 0 Å². The highest BCUT2D eigenvalue weighted by Crippen LogP contribution is 2.27. The first-order valence-electron chi connectivity index (χ1n) is 6.42. The van der Waals surface area contributed by atoms with Crippen LogP contribution in [0.15, 0.2) is 0 Å². The molecule has 1 aromatic heterocycles. The predicted molar refractivity (Wildman–Crippen MR) is 73.3 cm³/mol. The van der Waals surface area contributed by atoms with Crippen molar-refractivity contribution in [1.82, 2.24) is 9.97 Å². The zero-order chi connectivity index (χ0) is 13.7. The van der Waals surface area contributed by atoms with E-state index in [9.17, 15) is 0 Å². The second kappa shape index (κ2) is 6.66. The van der Waals surface area contributed by atoms with Crippen molar-refractivity contribution in [3.05, 3.63) is 17.1 Å². The number of anilines is 1. The van der Waals surface area contributed by atoms with Gasteiger partial charge in [0.05, 0.1) is 0 Å². The van der Waals surface area contributed by atoms with Crippen molar-refractivity contribution in [3.8, 4) is 0 Å². The van der Waals surface area contributed by atoms with Crippen molar-refractivity contribution in [2.24, 2.45) is 5.84 Å². The van der Waals surface area contributed by atoms with Crippen LogP contribution in [0, 0.1) is 6.92 Å². The summed E-state index contributed by atoms with van der Waals surface area (Å²) < 4.78 is 5.44. The Balaban J connectivity index is 3.20. The third-order valence-electron chi connectivity index (χ3n) is 2.99. The molecule has 5 nitrogen and oxygen atoms in total. The predicted octanol–water partition coefficient (Wildman–Crippen LogP) is 2.68. The topological polar surface area (TPSA) is 73.1 Å². The fourth-order valence-electron chi connectivity index (χ4n) is 2.16. The van der Waals surface area contributed by atoms with Crippen molar-refractivity contribution < 1.29 is 4.74 Å². The van der Waals surface area contributed by atoms with Crippen LogP contribution in [0.25, 0.3) is 0 Å². The normalized spacial score (nSPS) is 12.8. The number of nitrogen functional groups attached to an aromatic ring is 1. The molecule has 3 N–H and O–H groups in total. The average Bonchev–Trinajstić information content (AvgIpc) is 2.34.